The Balaban J connectivity index is 2.69. The molecule has 1 aromatic carbocycles. The molecule has 0 saturated heterocycles. The van der Waals surface area contributed by atoms with E-state index in [1.165, 1.54) is 0 Å². The quantitative estimate of drug-likeness (QED) is 0.843. The van der Waals surface area contributed by atoms with Crippen LogP contribution in [-0.4, -0.2) is 23.7 Å². The predicted molar refractivity (Wildman–Crippen MR) is 73.7 cm³/mol. The van der Waals surface area contributed by atoms with Crippen molar-refractivity contribution in [3.8, 4) is 0 Å². The second kappa shape index (κ2) is 6.01. The molecule has 0 aliphatic heterocycles. The van der Waals surface area contributed by atoms with E-state index < -0.39 is 11.9 Å². The van der Waals surface area contributed by atoms with Gasteiger partial charge < -0.3 is 10.4 Å². The molecule has 0 spiro atoms. The highest BCUT2D eigenvalue weighted by atomic mass is 16.4. The Kier molecular flexibility index (Phi) is 4.91. The van der Waals surface area contributed by atoms with E-state index >= 15 is 0 Å². The van der Waals surface area contributed by atoms with Gasteiger partial charge in [-0.15, -0.1) is 0 Å². The molecule has 0 heterocycles. The smallest absolute Gasteiger partial charge is 0.312 e. The summed E-state index contributed by atoms with van der Waals surface area (Å²) in [4.78, 5) is 11.3. The molecule has 0 aromatic heterocycles. The SMILES string of the molecule is CC(NCC(C(=O)O)c1ccccc1)C(C)(C)C. The molecule has 3 nitrogen and oxygen atoms in total. The predicted octanol–water partition coefficient (Wildman–Crippen LogP) is 2.88. The van der Waals surface area contributed by atoms with Crippen molar-refractivity contribution in [2.45, 2.75) is 39.7 Å². The number of carbonyl (C=O) groups is 1. The van der Waals surface area contributed by atoms with Crippen molar-refractivity contribution >= 4 is 5.97 Å². The number of carboxylic acid groups (broad SMARTS) is 1. The van der Waals surface area contributed by atoms with Crippen LogP contribution >= 0.6 is 0 Å². The van der Waals surface area contributed by atoms with Crippen molar-refractivity contribution in [2.75, 3.05) is 6.54 Å². The molecule has 0 aliphatic rings. The molecule has 1 rings (SSSR count). The maximum atomic E-state index is 11.3. The molecular formula is C15H23NO2. The molecule has 0 saturated carbocycles. The summed E-state index contributed by atoms with van der Waals surface area (Å²) >= 11 is 0. The van der Waals surface area contributed by atoms with Crippen LogP contribution in [0, 0.1) is 5.41 Å². The first-order valence-electron chi connectivity index (χ1n) is 6.33. The molecular weight excluding hydrogens is 226 g/mol. The lowest BCUT2D eigenvalue weighted by Gasteiger charge is -2.29. The summed E-state index contributed by atoms with van der Waals surface area (Å²) in [6.07, 6.45) is 0. The third-order valence-electron chi connectivity index (χ3n) is 3.43. The van der Waals surface area contributed by atoms with E-state index in [2.05, 4.69) is 33.0 Å². The summed E-state index contributed by atoms with van der Waals surface area (Å²) in [5.74, 6) is -1.27. The van der Waals surface area contributed by atoms with Crippen LogP contribution in [0.25, 0.3) is 0 Å². The molecule has 3 heteroatoms. The lowest BCUT2D eigenvalue weighted by atomic mass is 9.87. The van der Waals surface area contributed by atoms with Crippen LogP contribution in [0.15, 0.2) is 30.3 Å². The van der Waals surface area contributed by atoms with Gasteiger partial charge in [0.1, 0.15) is 0 Å². The molecule has 0 amide bonds. The number of nitrogens with one attached hydrogen (secondary N) is 1. The van der Waals surface area contributed by atoms with Crippen LogP contribution in [0.3, 0.4) is 0 Å². The standard InChI is InChI=1S/C15H23NO2/c1-11(15(2,3)4)16-10-13(14(17)18)12-8-6-5-7-9-12/h5-9,11,13,16H,10H2,1-4H3,(H,17,18). The van der Waals surface area contributed by atoms with Gasteiger partial charge >= 0.3 is 5.97 Å². The fourth-order valence-corrected chi connectivity index (χ4v) is 1.63. The van der Waals surface area contributed by atoms with Gasteiger partial charge in [0.15, 0.2) is 0 Å². The zero-order valence-electron chi connectivity index (χ0n) is 11.6. The van der Waals surface area contributed by atoms with Crippen molar-refractivity contribution in [3.63, 3.8) is 0 Å². The third kappa shape index (κ3) is 4.15. The van der Waals surface area contributed by atoms with E-state index in [1.54, 1.807) is 0 Å². The van der Waals surface area contributed by atoms with Crippen LogP contribution in [-0.2, 0) is 4.79 Å². The molecule has 2 atom stereocenters. The maximum absolute atomic E-state index is 11.3. The maximum Gasteiger partial charge on any atom is 0.312 e. The lowest BCUT2D eigenvalue weighted by molar-refractivity contribution is -0.138. The molecule has 100 valence electrons. The number of rotatable bonds is 5. The summed E-state index contributed by atoms with van der Waals surface area (Å²) in [5.41, 5.74) is 0.971. The first-order chi connectivity index (χ1) is 8.32. The molecule has 0 fully saturated rings. The summed E-state index contributed by atoms with van der Waals surface area (Å²) in [5, 5.41) is 12.6. The van der Waals surface area contributed by atoms with Gasteiger partial charge in [0, 0.05) is 12.6 Å². The lowest BCUT2D eigenvalue weighted by Crippen LogP contribution is -2.41. The van der Waals surface area contributed by atoms with Crippen molar-refractivity contribution in [1.82, 2.24) is 5.32 Å². The Bertz CT molecular complexity index is 381. The van der Waals surface area contributed by atoms with Gasteiger partial charge in [-0.3, -0.25) is 4.79 Å². The van der Waals surface area contributed by atoms with E-state index in [9.17, 15) is 9.90 Å². The van der Waals surface area contributed by atoms with Crippen molar-refractivity contribution in [2.24, 2.45) is 5.41 Å². The summed E-state index contributed by atoms with van der Waals surface area (Å²) in [6.45, 7) is 8.97. The van der Waals surface area contributed by atoms with Crippen LogP contribution in [0.1, 0.15) is 39.2 Å². The third-order valence-corrected chi connectivity index (χ3v) is 3.43. The van der Waals surface area contributed by atoms with Crippen LogP contribution < -0.4 is 5.32 Å². The van der Waals surface area contributed by atoms with Gasteiger partial charge in [0.25, 0.3) is 0 Å². The Morgan fingerprint density at radius 2 is 1.83 bits per heavy atom. The van der Waals surface area contributed by atoms with Gasteiger partial charge in [-0.05, 0) is 17.9 Å². The van der Waals surface area contributed by atoms with Gasteiger partial charge in [0.05, 0.1) is 5.92 Å². The van der Waals surface area contributed by atoms with Gasteiger partial charge in [-0.25, -0.2) is 0 Å². The number of benzene rings is 1. The Morgan fingerprint density at radius 3 is 2.28 bits per heavy atom. The van der Waals surface area contributed by atoms with Gasteiger partial charge in [0.2, 0.25) is 0 Å². The van der Waals surface area contributed by atoms with E-state index in [4.69, 9.17) is 0 Å². The summed E-state index contributed by atoms with van der Waals surface area (Å²) in [6, 6.07) is 9.64. The molecule has 2 N–H and O–H groups in total. The molecule has 18 heavy (non-hydrogen) atoms. The number of aliphatic carboxylic acids is 1. The van der Waals surface area contributed by atoms with E-state index in [0.717, 1.165) is 5.56 Å². The highest BCUT2D eigenvalue weighted by Crippen LogP contribution is 2.20. The largest absolute Gasteiger partial charge is 0.481 e. The normalized spacial score (nSPS) is 15.1. The molecule has 0 bridgehead atoms. The zero-order chi connectivity index (χ0) is 13.8. The number of hydrogen-bond acceptors (Lipinski definition) is 2. The minimum absolute atomic E-state index is 0.125. The van der Waals surface area contributed by atoms with E-state index in [-0.39, 0.29) is 11.5 Å². The summed E-state index contributed by atoms with van der Waals surface area (Å²) < 4.78 is 0. The van der Waals surface area contributed by atoms with Crippen molar-refractivity contribution in [3.05, 3.63) is 35.9 Å². The first kappa shape index (κ1) is 14.7. The Hall–Kier alpha value is -1.35. The average molecular weight is 249 g/mol. The second-order valence-electron chi connectivity index (χ2n) is 5.80. The van der Waals surface area contributed by atoms with E-state index in [0.29, 0.717) is 6.54 Å². The Morgan fingerprint density at radius 1 is 1.28 bits per heavy atom. The zero-order valence-corrected chi connectivity index (χ0v) is 11.6. The fourth-order valence-electron chi connectivity index (χ4n) is 1.63. The topological polar surface area (TPSA) is 49.3 Å². The van der Waals surface area contributed by atoms with Crippen LogP contribution in [0.4, 0.5) is 0 Å². The molecule has 2 unspecified atom stereocenters. The van der Waals surface area contributed by atoms with Gasteiger partial charge in [-0.2, -0.15) is 0 Å². The number of carboxylic acids is 1. The fraction of sp³-hybridized carbons (Fsp3) is 0.533. The van der Waals surface area contributed by atoms with Crippen molar-refractivity contribution in [1.29, 1.82) is 0 Å². The molecule has 0 aliphatic carbocycles. The molecule has 0 radical (unpaired) electrons. The monoisotopic (exact) mass is 249 g/mol. The molecule has 1 aromatic rings. The van der Waals surface area contributed by atoms with Gasteiger partial charge in [-0.1, -0.05) is 51.1 Å². The van der Waals surface area contributed by atoms with E-state index in [1.807, 2.05) is 30.3 Å². The van der Waals surface area contributed by atoms with Crippen LogP contribution in [0.5, 0.6) is 0 Å². The second-order valence-corrected chi connectivity index (χ2v) is 5.80. The minimum atomic E-state index is -0.783. The average Bonchev–Trinajstić information content (AvgIpc) is 2.28. The highest BCUT2D eigenvalue weighted by molar-refractivity contribution is 5.76. The number of hydrogen-bond donors (Lipinski definition) is 2. The minimum Gasteiger partial charge on any atom is -0.481 e. The van der Waals surface area contributed by atoms with Crippen molar-refractivity contribution < 1.29 is 9.90 Å². The highest BCUT2D eigenvalue weighted by Gasteiger charge is 2.24. The first-order valence-corrected chi connectivity index (χ1v) is 6.33. The van der Waals surface area contributed by atoms with Crippen LogP contribution in [0.2, 0.25) is 0 Å². The summed E-state index contributed by atoms with van der Waals surface area (Å²) in [7, 11) is 0. The Labute approximate surface area is 109 Å².